The van der Waals surface area contributed by atoms with Crippen LogP contribution in [0.4, 0.5) is 14.5 Å². The second-order valence-electron chi connectivity index (χ2n) is 4.47. The van der Waals surface area contributed by atoms with E-state index in [1.807, 2.05) is 0 Å². The predicted molar refractivity (Wildman–Crippen MR) is 71.5 cm³/mol. The summed E-state index contributed by atoms with van der Waals surface area (Å²) in [6.45, 7) is 3.30. The topological polar surface area (TPSA) is 70.2 Å². The Labute approximate surface area is 115 Å². The Bertz CT molecular complexity index is 495. The Balaban J connectivity index is 2.71. The predicted octanol–water partition coefficient (Wildman–Crippen LogP) is 1.26. The minimum Gasteiger partial charge on any atom is -0.383 e. The van der Waals surface area contributed by atoms with Crippen LogP contribution in [0.2, 0.25) is 0 Å². The van der Waals surface area contributed by atoms with Crippen LogP contribution < -0.4 is 16.0 Å². The highest BCUT2D eigenvalue weighted by Crippen LogP contribution is 2.19. The van der Waals surface area contributed by atoms with Crippen molar-refractivity contribution < 1.29 is 18.4 Å². The Morgan fingerprint density at radius 2 is 1.75 bits per heavy atom. The fourth-order valence-electron chi connectivity index (χ4n) is 1.58. The van der Waals surface area contributed by atoms with Crippen LogP contribution in [0.3, 0.4) is 0 Å². The third-order valence-electron chi connectivity index (χ3n) is 2.41. The summed E-state index contributed by atoms with van der Waals surface area (Å²) in [4.78, 5) is 23.0. The molecular formula is C13H17F2N3O2. The molecule has 3 N–H and O–H groups in total. The van der Waals surface area contributed by atoms with E-state index in [1.165, 1.54) is 7.05 Å². The fraction of sp³-hybridized carbons (Fsp3) is 0.385. The lowest BCUT2D eigenvalue weighted by Gasteiger charge is -2.10. The van der Waals surface area contributed by atoms with Gasteiger partial charge in [-0.15, -0.1) is 0 Å². The maximum Gasteiger partial charge on any atom is 0.251 e. The summed E-state index contributed by atoms with van der Waals surface area (Å²) in [5.74, 6) is -2.83. The van der Waals surface area contributed by atoms with Gasteiger partial charge in [0.05, 0.1) is 6.54 Å². The Kier molecular flexibility index (Phi) is 5.42. The lowest BCUT2D eigenvalue weighted by atomic mass is 10.1. The first-order valence-corrected chi connectivity index (χ1v) is 6.09. The average Bonchev–Trinajstić information content (AvgIpc) is 2.34. The molecule has 1 aromatic rings. The molecule has 0 atom stereocenters. The zero-order valence-electron chi connectivity index (χ0n) is 11.5. The van der Waals surface area contributed by atoms with Gasteiger partial charge in [0.1, 0.15) is 17.3 Å². The molecule has 0 aliphatic rings. The minimum atomic E-state index is -0.871. The quantitative estimate of drug-likeness (QED) is 0.763. The number of rotatable bonds is 5. The molecule has 0 aromatic heterocycles. The van der Waals surface area contributed by atoms with Gasteiger partial charge in [0.15, 0.2) is 0 Å². The molecule has 110 valence electrons. The number of hydrogen-bond acceptors (Lipinski definition) is 3. The number of halogens is 2. The van der Waals surface area contributed by atoms with E-state index < -0.39 is 17.5 Å². The van der Waals surface area contributed by atoms with E-state index in [-0.39, 0.29) is 29.7 Å². The molecule has 20 heavy (non-hydrogen) atoms. The number of anilines is 1. The van der Waals surface area contributed by atoms with E-state index in [9.17, 15) is 18.4 Å². The van der Waals surface area contributed by atoms with Gasteiger partial charge in [0, 0.05) is 18.7 Å². The summed E-state index contributed by atoms with van der Waals surface area (Å²) >= 11 is 0. The highest BCUT2D eigenvalue weighted by molar-refractivity contribution is 5.96. The van der Waals surface area contributed by atoms with E-state index in [0.29, 0.717) is 0 Å². The van der Waals surface area contributed by atoms with Crippen molar-refractivity contribution >= 4 is 17.5 Å². The van der Waals surface area contributed by atoms with Gasteiger partial charge in [0.25, 0.3) is 5.91 Å². The van der Waals surface area contributed by atoms with Crippen molar-refractivity contribution in [3.05, 3.63) is 29.3 Å². The molecule has 0 spiro atoms. The third-order valence-corrected chi connectivity index (χ3v) is 2.41. The number of carbonyl (C=O) groups excluding carboxylic acids is 2. The molecule has 0 aliphatic heterocycles. The normalized spacial score (nSPS) is 10.3. The maximum absolute atomic E-state index is 13.5. The smallest absolute Gasteiger partial charge is 0.251 e. The van der Waals surface area contributed by atoms with Crippen LogP contribution in [0.25, 0.3) is 0 Å². The number of hydrogen-bond donors (Lipinski definition) is 3. The highest BCUT2D eigenvalue weighted by Gasteiger charge is 2.15. The van der Waals surface area contributed by atoms with E-state index in [4.69, 9.17) is 0 Å². The average molecular weight is 285 g/mol. The van der Waals surface area contributed by atoms with Crippen molar-refractivity contribution in [2.24, 2.45) is 0 Å². The van der Waals surface area contributed by atoms with E-state index in [1.54, 1.807) is 13.8 Å². The Morgan fingerprint density at radius 3 is 2.20 bits per heavy atom. The third kappa shape index (κ3) is 4.18. The molecule has 1 aromatic carbocycles. The summed E-state index contributed by atoms with van der Waals surface area (Å²) < 4.78 is 27.0. The van der Waals surface area contributed by atoms with Crippen LogP contribution in [0.15, 0.2) is 12.1 Å². The van der Waals surface area contributed by atoms with E-state index in [2.05, 4.69) is 16.0 Å². The first-order chi connectivity index (χ1) is 9.35. The molecule has 0 bridgehead atoms. The van der Waals surface area contributed by atoms with Gasteiger partial charge in [-0.2, -0.15) is 0 Å². The number of carbonyl (C=O) groups is 2. The lowest BCUT2D eigenvalue weighted by molar-refractivity contribution is -0.120. The Hall–Kier alpha value is -2.18. The SMILES string of the molecule is CNc1c(F)cc(C(=O)NCC(=O)NC(C)C)cc1F. The zero-order valence-corrected chi connectivity index (χ0v) is 11.5. The van der Waals surface area contributed by atoms with E-state index in [0.717, 1.165) is 12.1 Å². The van der Waals surface area contributed by atoms with Crippen LogP contribution in [-0.4, -0.2) is 31.4 Å². The van der Waals surface area contributed by atoms with Gasteiger partial charge in [0.2, 0.25) is 5.91 Å². The van der Waals surface area contributed by atoms with Crippen molar-refractivity contribution in [3.8, 4) is 0 Å². The molecule has 5 nitrogen and oxygen atoms in total. The van der Waals surface area contributed by atoms with Crippen LogP contribution >= 0.6 is 0 Å². The van der Waals surface area contributed by atoms with Crippen LogP contribution in [0.5, 0.6) is 0 Å². The lowest BCUT2D eigenvalue weighted by Crippen LogP contribution is -2.39. The monoisotopic (exact) mass is 285 g/mol. The molecule has 1 rings (SSSR count). The van der Waals surface area contributed by atoms with Crippen LogP contribution in [0, 0.1) is 11.6 Å². The maximum atomic E-state index is 13.5. The van der Waals surface area contributed by atoms with Gasteiger partial charge in [-0.1, -0.05) is 0 Å². The van der Waals surface area contributed by atoms with Gasteiger partial charge in [-0.25, -0.2) is 8.78 Å². The fourth-order valence-corrected chi connectivity index (χ4v) is 1.58. The second kappa shape index (κ2) is 6.83. The van der Waals surface area contributed by atoms with Gasteiger partial charge in [-0.05, 0) is 26.0 Å². The first kappa shape index (κ1) is 15.9. The molecule has 0 aliphatic carbocycles. The summed E-state index contributed by atoms with van der Waals surface area (Å²) in [6.07, 6.45) is 0. The van der Waals surface area contributed by atoms with Crippen molar-refractivity contribution in [2.75, 3.05) is 18.9 Å². The molecule has 0 unspecified atom stereocenters. The molecular weight excluding hydrogens is 268 g/mol. The minimum absolute atomic E-state index is 0.0517. The molecule has 0 radical (unpaired) electrons. The molecule has 0 saturated carbocycles. The second-order valence-corrected chi connectivity index (χ2v) is 4.47. The molecule has 0 saturated heterocycles. The molecule has 0 heterocycles. The van der Waals surface area contributed by atoms with Crippen LogP contribution in [0.1, 0.15) is 24.2 Å². The summed E-state index contributed by atoms with van der Waals surface area (Å²) in [5, 5.41) is 7.23. The van der Waals surface area contributed by atoms with Crippen molar-refractivity contribution in [1.29, 1.82) is 0 Å². The van der Waals surface area contributed by atoms with Gasteiger partial charge < -0.3 is 16.0 Å². The first-order valence-electron chi connectivity index (χ1n) is 6.09. The molecule has 7 heteroatoms. The number of benzene rings is 1. The van der Waals surface area contributed by atoms with Crippen molar-refractivity contribution in [2.45, 2.75) is 19.9 Å². The van der Waals surface area contributed by atoms with Crippen LogP contribution in [-0.2, 0) is 4.79 Å². The highest BCUT2D eigenvalue weighted by atomic mass is 19.1. The number of amides is 2. The Morgan fingerprint density at radius 1 is 1.20 bits per heavy atom. The molecule has 2 amide bonds. The van der Waals surface area contributed by atoms with Crippen molar-refractivity contribution in [1.82, 2.24) is 10.6 Å². The van der Waals surface area contributed by atoms with E-state index >= 15 is 0 Å². The zero-order chi connectivity index (χ0) is 15.3. The van der Waals surface area contributed by atoms with Gasteiger partial charge in [-0.3, -0.25) is 9.59 Å². The molecule has 0 fully saturated rings. The van der Waals surface area contributed by atoms with Crippen molar-refractivity contribution in [3.63, 3.8) is 0 Å². The largest absolute Gasteiger partial charge is 0.383 e. The number of nitrogens with one attached hydrogen (secondary N) is 3. The summed E-state index contributed by atoms with van der Waals surface area (Å²) in [7, 11) is 1.37. The summed E-state index contributed by atoms with van der Waals surface area (Å²) in [6, 6.07) is 1.76. The standard InChI is InChI=1S/C13H17F2N3O2/c1-7(2)18-11(19)6-17-13(20)8-4-9(14)12(16-3)10(15)5-8/h4-5,7,16H,6H2,1-3H3,(H,17,20)(H,18,19). The summed E-state index contributed by atoms with van der Waals surface area (Å²) in [5.41, 5.74) is -0.490. The van der Waals surface area contributed by atoms with Gasteiger partial charge >= 0.3 is 0 Å².